The summed E-state index contributed by atoms with van der Waals surface area (Å²) in [4.78, 5) is 18.9. The zero-order chi connectivity index (χ0) is 30.3. The van der Waals surface area contributed by atoms with Crippen LogP contribution < -0.4 is 9.47 Å². The zero-order valence-corrected chi connectivity index (χ0v) is 26.3. The molecule has 3 aliphatic carbocycles. The molecule has 6 atom stereocenters. The van der Waals surface area contributed by atoms with Gasteiger partial charge in [0.2, 0.25) is 5.91 Å². The normalized spacial score (nSPS) is 33.2. The summed E-state index contributed by atoms with van der Waals surface area (Å²) in [5.41, 5.74) is 4.62. The Morgan fingerprint density at radius 3 is 2.56 bits per heavy atom. The van der Waals surface area contributed by atoms with Gasteiger partial charge in [0, 0.05) is 30.6 Å². The van der Waals surface area contributed by atoms with Gasteiger partial charge in [-0.05, 0) is 93.5 Å². The number of carbonyl (C=O) groups is 1. The molecule has 0 radical (unpaired) electrons. The van der Waals surface area contributed by atoms with E-state index in [1.807, 2.05) is 18.2 Å². The minimum absolute atomic E-state index is 0.00499. The molecule has 45 heavy (non-hydrogen) atoms. The first-order valence-corrected chi connectivity index (χ1v) is 17.3. The molecule has 9 rings (SSSR count). The summed E-state index contributed by atoms with van der Waals surface area (Å²) in [5, 5.41) is 13.0. The van der Waals surface area contributed by atoms with Crippen LogP contribution in [0.25, 0.3) is 0 Å². The van der Waals surface area contributed by atoms with Crippen molar-refractivity contribution in [1.82, 2.24) is 9.80 Å². The molecule has 3 aromatic rings. The van der Waals surface area contributed by atoms with Crippen LogP contribution in [-0.4, -0.2) is 64.2 Å². The van der Waals surface area contributed by atoms with Crippen molar-refractivity contribution in [2.45, 2.75) is 94.1 Å². The summed E-state index contributed by atoms with van der Waals surface area (Å²) >= 11 is 0. The second-order valence-electron chi connectivity index (χ2n) is 14.9. The monoisotopic (exact) mass is 604 g/mol. The predicted octanol–water partition coefficient (Wildman–Crippen LogP) is 5.60. The van der Waals surface area contributed by atoms with Gasteiger partial charge in [0.1, 0.15) is 12.7 Å². The van der Waals surface area contributed by atoms with Crippen LogP contribution >= 0.6 is 0 Å². The highest BCUT2D eigenvalue weighted by Crippen LogP contribution is 2.66. The van der Waals surface area contributed by atoms with Gasteiger partial charge in [-0.3, -0.25) is 9.69 Å². The van der Waals surface area contributed by atoms with E-state index in [9.17, 15) is 9.90 Å². The van der Waals surface area contributed by atoms with E-state index in [1.54, 1.807) is 0 Å². The van der Waals surface area contributed by atoms with Crippen molar-refractivity contribution in [2.24, 2.45) is 11.8 Å². The van der Waals surface area contributed by atoms with Crippen LogP contribution in [0.3, 0.4) is 0 Å². The molecule has 1 amide bonds. The molecule has 2 bridgehead atoms. The summed E-state index contributed by atoms with van der Waals surface area (Å²) in [5.74, 6) is 2.59. The lowest BCUT2D eigenvalue weighted by molar-refractivity contribution is -0.200. The molecule has 2 saturated heterocycles. The maximum atomic E-state index is 14.1. The van der Waals surface area contributed by atoms with E-state index < -0.39 is 11.0 Å². The maximum absolute atomic E-state index is 14.1. The van der Waals surface area contributed by atoms with Crippen LogP contribution in [0.4, 0.5) is 0 Å². The highest BCUT2D eigenvalue weighted by molar-refractivity contribution is 5.82. The number of likely N-dealkylation sites (tertiary alicyclic amines) is 2. The molecule has 0 aromatic heterocycles. The Hall–Kier alpha value is -3.35. The predicted molar refractivity (Wildman–Crippen MR) is 172 cm³/mol. The fourth-order valence-electron chi connectivity index (χ4n) is 9.90. The summed E-state index contributed by atoms with van der Waals surface area (Å²) in [7, 11) is 0. The topological polar surface area (TPSA) is 62.2 Å². The molecule has 3 aromatic carbocycles. The highest BCUT2D eigenvalue weighted by atomic mass is 16.5. The van der Waals surface area contributed by atoms with E-state index in [0.29, 0.717) is 13.0 Å². The molecule has 1 spiro atoms. The van der Waals surface area contributed by atoms with E-state index in [-0.39, 0.29) is 30.0 Å². The number of nitrogens with zero attached hydrogens (tertiary/aromatic N) is 2. The third kappa shape index (κ3) is 4.24. The van der Waals surface area contributed by atoms with E-state index in [0.717, 1.165) is 74.7 Å². The minimum Gasteiger partial charge on any atom is -0.485 e. The Bertz CT molecular complexity index is 1620. The Balaban J connectivity index is 1.07. The van der Waals surface area contributed by atoms with Crippen LogP contribution in [-0.2, 0) is 29.7 Å². The maximum Gasteiger partial charge on any atom is 0.226 e. The van der Waals surface area contributed by atoms with Crippen LogP contribution in [0, 0.1) is 18.8 Å². The number of piperidine rings is 1. The van der Waals surface area contributed by atoms with Gasteiger partial charge in [0.05, 0.1) is 17.1 Å². The van der Waals surface area contributed by atoms with Crippen LogP contribution in [0.15, 0.2) is 66.7 Å². The Morgan fingerprint density at radius 1 is 0.933 bits per heavy atom. The first kappa shape index (κ1) is 27.9. The molecule has 2 saturated carbocycles. The number of aryl methyl sites for hydroxylation is 1. The number of carbonyl (C=O) groups excluding carboxylic acids is 1. The standard InChI is InChI=1S/C39H44N2O4/c1-25-7-9-26(10-8-25)21-30-16-19-41(37(30)42)31-15-17-39(43)33-22-29-13-14-32(44-24-28-5-3-2-4-6-28)35-34(29)38(39,36(31)45-35)18-20-40(33)23-27-11-12-27/h2-10,13-14,27,30-31,33,36,43H,11-12,15-24H2,1H3/t30?,31-,33+,36-,38-,39+/m0/s1. The van der Waals surface area contributed by atoms with Crippen molar-refractivity contribution in [3.8, 4) is 11.5 Å². The van der Waals surface area contributed by atoms with Crippen molar-refractivity contribution in [3.63, 3.8) is 0 Å². The molecule has 1 unspecified atom stereocenters. The molecular weight excluding hydrogens is 560 g/mol. The first-order valence-electron chi connectivity index (χ1n) is 17.3. The first-order chi connectivity index (χ1) is 21.9. The number of ether oxygens (including phenoxy) is 2. The largest absolute Gasteiger partial charge is 0.485 e. The second-order valence-corrected chi connectivity index (χ2v) is 14.9. The lowest BCUT2D eigenvalue weighted by atomic mass is 9.48. The van der Waals surface area contributed by atoms with E-state index in [4.69, 9.17) is 9.47 Å². The fraction of sp³-hybridized carbons (Fsp3) is 0.513. The molecule has 234 valence electrons. The molecule has 3 heterocycles. The Kier molecular flexibility index (Phi) is 6.41. The van der Waals surface area contributed by atoms with Gasteiger partial charge in [-0.2, -0.15) is 0 Å². The molecule has 3 aliphatic heterocycles. The quantitative estimate of drug-likeness (QED) is 0.363. The molecule has 6 heteroatoms. The summed E-state index contributed by atoms with van der Waals surface area (Å²) < 4.78 is 13.6. The van der Waals surface area contributed by atoms with Crippen molar-refractivity contribution in [1.29, 1.82) is 0 Å². The number of amides is 1. The Morgan fingerprint density at radius 2 is 1.76 bits per heavy atom. The van der Waals surface area contributed by atoms with Gasteiger partial charge < -0.3 is 19.5 Å². The summed E-state index contributed by atoms with van der Waals surface area (Å²) in [6.07, 6.45) is 7.15. The molecule has 4 fully saturated rings. The SMILES string of the molecule is Cc1ccc(CC2CCN([C@H]3CC[C@@]4(O)[C@H]5Cc6ccc(OCc7ccccc7)c7c6[C@@]4(CCN5CC4CC4)[C@H]3O7)C2=O)cc1. The highest BCUT2D eigenvalue weighted by Gasteiger charge is 2.73. The molecule has 6 aliphatic rings. The number of hydrogen-bond acceptors (Lipinski definition) is 5. The van der Waals surface area contributed by atoms with E-state index >= 15 is 0 Å². The van der Waals surface area contributed by atoms with Crippen molar-refractivity contribution >= 4 is 5.91 Å². The smallest absolute Gasteiger partial charge is 0.226 e. The molecule has 6 nitrogen and oxygen atoms in total. The van der Waals surface area contributed by atoms with Gasteiger partial charge in [0.25, 0.3) is 0 Å². The van der Waals surface area contributed by atoms with Crippen molar-refractivity contribution in [3.05, 3.63) is 94.5 Å². The lowest BCUT2D eigenvalue weighted by Crippen LogP contribution is -2.78. The minimum atomic E-state index is -0.887. The number of hydrogen-bond donors (Lipinski definition) is 1. The summed E-state index contributed by atoms with van der Waals surface area (Å²) in [6.45, 7) is 5.37. The van der Waals surface area contributed by atoms with Crippen LogP contribution in [0.5, 0.6) is 11.5 Å². The third-order valence-corrected chi connectivity index (χ3v) is 12.3. The molecule has 1 N–H and O–H groups in total. The zero-order valence-electron chi connectivity index (χ0n) is 26.3. The van der Waals surface area contributed by atoms with Gasteiger partial charge in [-0.25, -0.2) is 0 Å². The number of benzene rings is 3. The van der Waals surface area contributed by atoms with Crippen LogP contribution in [0.1, 0.15) is 66.3 Å². The number of rotatable bonds is 8. The van der Waals surface area contributed by atoms with E-state index in [2.05, 4.69) is 65.3 Å². The molecular formula is C39H44N2O4. The number of aliphatic hydroxyl groups is 1. The van der Waals surface area contributed by atoms with Gasteiger partial charge in [0.15, 0.2) is 11.5 Å². The average molecular weight is 605 g/mol. The van der Waals surface area contributed by atoms with Gasteiger partial charge in [-0.1, -0.05) is 66.2 Å². The average Bonchev–Trinajstić information content (AvgIpc) is 3.70. The van der Waals surface area contributed by atoms with Gasteiger partial charge >= 0.3 is 0 Å². The Labute approximate surface area is 266 Å². The lowest BCUT2D eigenvalue weighted by Gasteiger charge is -2.64. The van der Waals surface area contributed by atoms with E-state index in [1.165, 1.54) is 35.1 Å². The third-order valence-electron chi connectivity index (χ3n) is 12.3. The van der Waals surface area contributed by atoms with Crippen LogP contribution in [0.2, 0.25) is 0 Å². The van der Waals surface area contributed by atoms with Crippen molar-refractivity contribution in [2.75, 3.05) is 19.6 Å². The second kappa shape index (κ2) is 10.3. The van der Waals surface area contributed by atoms with Gasteiger partial charge in [-0.15, -0.1) is 0 Å². The summed E-state index contributed by atoms with van der Waals surface area (Å²) in [6, 6.07) is 23.2. The van der Waals surface area contributed by atoms with Crippen molar-refractivity contribution < 1.29 is 19.4 Å². The fourth-order valence-corrected chi connectivity index (χ4v) is 9.90.